The molecule has 1 N–H and O–H groups in total. The normalized spacial score (nSPS) is 10.8. The summed E-state index contributed by atoms with van der Waals surface area (Å²) < 4.78 is 14.5. The quantitative estimate of drug-likeness (QED) is 0.682. The smallest absolute Gasteiger partial charge is 0.260 e. The predicted molar refractivity (Wildman–Crippen MR) is 97.4 cm³/mol. The second kappa shape index (κ2) is 6.86. The van der Waals surface area contributed by atoms with Gasteiger partial charge in [-0.3, -0.25) is 4.79 Å². The van der Waals surface area contributed by atoms with Gasteiger partial charge in [-0.1, -0.05) is 23.2 Å². The van der Waals surface area contributed by atoms with E-state index in [-0.39, 0.29) is 22.4 Å². The van der Waals surface area contributed by atoms with E-state index in [0.717, 1.165) is 5.56 Å². The standard InChI is InChI=1S/C18H14Cl2FN3O/c1-10-9-12(19)3-8-15(10)22-18(25)16-11(2)23-24(17(16)20)14-6-4-13(21)5-7-14/h3-9H,1-2H3,(H,22,25). The molecule has 0 aliphatic rings. The number of carbonyl (C=O) groups is 1. The Morgan fingerprint density at radius 3 is 2.44 bits per heavy atom. The fraction of sp³-hybridized carbons (Fsp3) is 0.111. The minimum Gasteiger partial charge on any atom is -0.322 e. The fourth-order valence-corrected chi connectivity index (χ4v) is 3.05. The van der Waals surface area contributed by atoms with Gasteiger partial charge in [-0.2, -0.15) is 5.10 Å². The SMILES string of the molecule is Cc1cc(Cl)ccc1NC(=O)c1c(C)nn(-c2ccc(F)cc2)c1Cl. The lowest BCUT2D eigenvalue weighted by Gasteiger charge is -2.09. The number of anilines is 1. The second-order valence-electron chi connectivity index (χ2n) is 5.55. The molecule has 0 spiro atoms. The summed E-state index contributed by atoms with van der Waals surface area (Å²) in [5.74, 6) is -0.735. The van der Waals surface area contributed by atoms with Crippen molar-refractivity contribution in [1.82, 2.24) is 9.78 Å². The van der Waals surface area contributed by atoms with Crippen LogP contribution in [0.25, 0.3) is 5.69 Å². The molecule has 0 saturated carbocycles. The van der Waals surface area contributed by atoms with E-state index >= 15 is 0 Å². The first-order valence-electron chi connectivity index (χ1n) is 7.45. The van der Waals surface area contributed by atoms with Crippen molar-refractivity contribution in [3.8, 4) is 5.69 Å². The molecule has 1 heterocycles. The van der Waals surface area contributed by atoms with Gasteiger partial charge < -0.3 is 5.32 Å². The highest BCUT2D eigenvalue weighted by Gasteiger charge is 2.21. The summed E-state index contributed by atoms with van der Waals surface area (Å²) in [6.07, 6.45) is 0. The van der Waals surface area contributed by atoms with E-state index in [9.17, 15) is 9.18 Å². The molecule has 0 atom stereocenters. The Labute approximate surface area is 154 Å². The van der Waals surface area contributed by atoms with Crippen LogP contribution in [0.2, 0.25) is 10.2 Å². The number of benzene rings is 2. The fourth-order valence-electron chi connectivity index (χ4n) is 2.46. The first-order valence-corrected chi connectivity index (χ1v) is 8.21. The van der Waals surface area contributed by atoms with Gasteiger partial charge in [-0.05, 0) is 61.9 Å². The summed E-state index contributed by atoms with van der Waals surface area (Å²) in [6.45, 7) is 3.54. The van der Waals surface area contributed by atoms with Crippen LogP contribution >= 0.6 is 23.2 Å². The Kier molecular flexibility index (Phi) is 4.79. The van der Waals surface area contributed by atoms with E-state index in [0.29, 0.717) is 22.1 Å². The Balaban J connectivity index is 1.94. The van der Waals surface area contributed by atoms with Crippen LogP contribution < -0.4 is 5.32 Å². The monoisotopic (exact) mass is 377 g/mol. The molecule has 0 fully saturated rings. The molecule has 0 aliphatic carbocycles. The van der Waals surface area contributed by atoms with Crippen molar-refractivity contribution in [3.63, 3.8) is 0 Å². The Hall–Kier alpha value is -2.37. The first kappa shape index (κ1) is 17.5. The van der Waals surface area contributed by atoms with Crippen molar-refractivity contribution < 1.29 is 9.18 Å². The summed E-state index contributed by atoms with van der Waals surface area (Å²) >= 11 is 12.3. The van der Waals surface area contributed by atoms with Crippen LogP contribution in [0, 0.1) is 19.7 Å². The number of rotatable bonds is 3. The van der Waals surface area contributed by atoms with Crippen molar-refractivity contribution in [3.05, 3.63) is 75.3 Å². The number of carbonyl (C=O) groups excluding carboxylic acids is 1. The Morgan fingerprint density at radius 1 is 1.12 bits per heavy atom. The second-order valence-corrected chi connectivity index (χ2v) is 6.35. The molecular weight excluding hydrogens is 364 g/mol. The zero-order valence-electron chi connectivity index (χ0n) is 13.5. The third-order valence-corrected chi connectivity index (χ3v) is 4.32. The van der Waals surface area contributed by atoms with E-state index in [2.05, 4.69) is 10.4 Å². The molecule has 0 bridgehead atoms. The van der Waals surface area contributed by atoms with Gasteiger partial charge in [0.1, 0.15) is 16.5 Å². The molecule has 3 aromatic rings. The number of hydrogen-bond acceptors (Lipinski definition) is 2. The van der Waals surface area contributed by atoms with E-state index in [1.165, 1.54) is 16.8 Å². The molecule has 4 nitrogen and oxygen atoms in total. The molecular formula is C18H14Cl2FN3O. The van der Waals surface area contributed by atoms with Gasteiger partial charge in [-0.15, -0.1) is 0 Å². The zero-order valence-corrected chi connectivity index (χ0v) is 15.0. The van der Waals surface area contributed by atoms with Gasteiger partial charge in [0.2, 0.25) is 0 Å². The summed E-state index contributed by atoms with van der Waals surface area (Å²) in [5, 5.41) is 7.86. The molecule has 3 rings (SSSR count). The number of nitrogens with zero attached hydrogens (tertiary/aromatic N) is 2. The lowest BCUT2D eigenvalue weighted by atomic mass is 10.2. The van der Waals surface area contributed by atoms with Crippen LogP contribution in [-0.2, 0) is 0 Å². The van der Waals surface area contributed by atoms with Crippen molar-refractivity contribution in [1.29, 1.82) is 0 Å². The van der Waals surface area contributed by atoms with Gasteiger partial charge >= 0.3 is 0 Å². The maximum absolute atomic E-state index is 13.1. The molecule has 0 aliphatic heterocycles. The molecule has 25 heavy (non-hydrogen) atoms. The van der Waals surface area contributed by atoms with Crippen LogP contribution in [0.3, 0.4) is 0 Å². The van der Waals surface area contributed by atoms with E-state index < -0.39 is 0 Å². The van der Waals surface area contributed by atoms with Crippen molar-refractivity contribution in [2.75, 3.05) is 5.32 Å². The molecule has 7 heteroatoms. The minimum atomic E-state index is -0.374. The Morgan fingerprint density at radius 2 is 1.80 bits per heavy atom. The zero-order chi connectivity index (χ0) is 18.1. The van der Waals surface area contributed by atoms with Crippen molar-refractivity contribution in [2.45, 2.75) is 13.8 Å². The number of aromatic nitrogens is 2. The third kappa shape index (κ3) is 3.52. The highest BCUT2D eigenvalue weighted by atomic mass is 35.5. The topological polar surface area (TPSA) is 46.9 Å². The van der Waals surface area contributed by atoms with Crippen LogP contribution in [0.4, 0.5) is 10.1 Å². The summed E-state index contributed by atoms with van der Waals surface area (Å²) in [7, 11) is 0. The van der Waals surface area contributed by atoms with Crippen molar-refractivity contribution in [2.24, 2.45) is 0 Å². The number of hydrogen-bond donors (Lipinski definition) is 1. The number of nitrogens with one attached hydrogen (secondary N) is 1. The van der Waals surface area contributed by atoms with Crippen LogP contribution in [0.1, 0.15) is 21.6 Å². The molecule has 1 amide bonds. The molecule has 128 valence electrons. The largest absolute Gasteiger partial charge is 0.322 e. The van der Waals surface area contributed by atoms with Gasteiger partial charge in [0.15, 0.2) is 0 Å². The van der Waals surface area contributed by atoms with Gasteiger partial charge in [0.05, 0.1) is 11.4 Å². The maximum atomic E-state index is 13.1. The number of halogens is 3. The molecule has 2 aromatic carbocycles. The van der Waals surface area contributed by atoms with E-state index in [1.54, 1.807) is 37.3 Å². The number of aryl methyl sites for hydroxylation is 2. The van der Waals surface area contributed by atoms with Crippen LogP contribution in [0.15, 0.2) is 42.5 Å². The van der Waals surface area contributed by atoms with E-state index in [1.807, 2.05) is 6.92 Å². The summed E-state index contributed by atoms with van der Waals surface area (Å²) in [5.41, 5.74) is 2.77. The highest BCUT2D eigenvalue weighted by Crippen LogP contribution is 2.26. The average Bonchev–Trinajstić information content (AvgIpc) is 2.85. The molecule has 0 saturated heterocycles. The first-order chi connectivity index (χ1) is 11.9. The van der Waals surface area contributed by atoms with Gasteiger partial charge in [-0.25, -0.2) is 9.07 Å². The summed E-state index contributed by atoms with van der Waals surface area (Å²) in [6, 6.07) is 10.9. The molecule has 0 radical (unpaired) electrons. The third-order valence-electron chi connectivity index (χ3n) is 3.74. The highest BCUT2D eigenvalue weighted by molar-refractivity contribution is 6.34. The summed E-state index contributed by atoms with van der Waals surface area (Å²) in [4.78, 5) is 12.6. The lowest BCUT2D eigenvalue weighted by molar-refractivity contribution is 0.102. The molecule has 1 aromatic heterocycles. The van der Waals surface area contributed by atoms with Crippen LogP contribution in [-0.4, -0.2) is 15.7 Å². The van der Waals surface area contributed by atoms with Crippen LogP contribution in [0.5, 0.6) is 0 Å². The van der Waals surface area contributed by atoms with Crippen molar-refractivity contribution >= 4 is 34.8 Å². The average molecular weight is 378 g/mol. The lowest BCUT2D eigenvalue weighted by Crippen LogP contribution is -2.14. The maximum Gasteiger partial charge on any atom is 0.260 e. The minimum absolute atomic E-state index is 0.160. The van der Waals surface area contributed by atoms with Gasteiger partial charge in [0.25, 0.3) is 5.91 Å². The molecule has 0 unspecified atom stereocenters. The number of amides is 1. The van der Waals surface area contributed by atoms with Gasteiger partial charge in [0, 0.05) is 10.7 Å². The Bertz CT molecular complexity index is 952. The predicted octanol–water partition coefficient (Wildman–Crippen LogP) is 5.19. The van der Waals surface area contributed by atoms with E-state index in [4.69, 9.17) is 23.2 Å².